The lowest BCUT2D eigenvalue weighted by atomic mass is 9.99. The standard InChI is InChI=1S/C19H16N2O7/c1-23-14-4-3-10(5-12(14)19(22)28-20)13-8-27-21-17(13)11-6-15(24-2)18-16(7-11)25-9-26-18/h3-8H,9,20H2,1-2H3. The number of ether oxygens (including phenoxy) is 4. The van der Waals surface area contributed by atoms with Crippen molar-refractivity contribution in [1.29, 1.82) is 0 Å². The van der Waals surface area contributed by atoms with Gasteiger partial charge in [-0.2, -0.15) is 5.90 Å². The molecule has 1 aliphatic rings. The van der Waals surface area contributed by atoms with Gasteiger partial charge in [-0.15, -0.1) is 0 Å². The van der Waals surface area contributed by atoms with Crippen molar-refractivity contribution in [2.24, 2.45) is 5.90 Å². The van der Waals surface area contributed by atoms with E-state index in [2.05, 4.69) is 9.99 Å². The van der Waals surface area contributed by atoms with Gasteiger partial charge in [0.25, 0.3) is 0 Å². The lowest BCUT2D eigenvalue weighted by Crippen LogP contribution is -2.11. The molecule has 9 nitrogen and oxygen atoms in total. The second-order valence-corrected chi connectivity index (χ2v) is 5.81. The van der Waals surface area contributed by atoms with Gasteiger partial charge in [-0.25, -0.2) is 4.79 Å². The third-order valence-electron chi connectivity index (χ3n) is 4.34. The summed E-state index contributed by atoms with van der Waals surface area (Å²) >= 11 is 0. The lowest BCUT2D eigenvalue weighted by molar-refractivity contribution is 0.0500. The van der Waals surface area contributed by atoms with Gasteiger partial charge in [-0.3, -0.25) is 0 Å². The zero-order valence-corrected chi connectivity index (χ0v) is 15.1. The van der Waals surface area contributed by atoms with E-state index in [-0.39, 0.29) is 12.4 Å². The number of hydrogen-bond acceptors (Lipinski definition) is 9. The molecule has 3 aromatic rings. The molecule has 0 unspecified atom stereocenters. The highest BCUT2D eigenvalue weighted by molar-refractivity contribution is 5.95. The molecule has 1 aliphatic heterocycles. The van der Waals surface area contributed by atoms with Crippen molar-refractivity contribution in [3.63, 3.8) is 0 Å². The van der Waals surface area contributed by atoms with Crippen molar-refractivity contribution in [2.75, 3.05) is 21.0 Å². The van der Waals surface area contributed by atoms with Crippen LogP contribution in [0.2, 0.25) is 0 Å². The number of hydrogen-bond donors (Lipinski definition) is 1. The molecule has 2 N–H and O–H groups in total. The summed E-state index contributed by atoms with van der Waals surface area (Å²) in [5.74, 6) is 6.24. The molecular weight excluding hydrogens is 368 g/mol. The van der Waals surface area contributed by atoms with E-state index in [0.717, 1.165) is 0 Å². The van der Waals surface area contributed by atoms with E-state index < -0.39 is 5.97 Å². The molecule has 0 saturated carbocycles. The first-order valence-electron chi connectivity index (χ1n) is 8.18. The summed E-state index contributed by atoms with van der Waals surface area (Å²) in [6, 6.07) is 8.55. The van der Waals surface area contributed by atoms with E-state index in [1.807, 2.05) is 0 Å². The zero-order chi connectivity index (χ0) is 19.7. The first-order valence-corrected chi connectivity index (χ1v) is 8.18. The number of carbonyl (C=O) groups excluding carboxylic acids is 1. The summed E-state index contributed by atoms with van der Waals surface area (Å²) in [5, 5.41) is 4.10. The second kappa shape index (κ2) is 7.12. The molecule has 4 rings (SSSR count). The fourth-order valence-electron chi connectivity index (χ4n) is 3.01. The van der Waals surface area contributed by atoms with Crippen molar-refractivity contribution >= 4 is 5.97 Å². The third-order valence-corrected chi connectivity index (χ3v) is 4.34. The minimum absolute atomic E-state index is 0.115. The van der Waals surface area contributed by atoms with Crippen LogP contribution >= 0.6 is 0 Å². The first-order chi connectivity index (χ1) is 13.7. The predicted octanol–water partition coefficient (Wildman–Crippen LogP) is 2.79. The van der Waals surface area contributed by atoms with Gasteiger partial charge in [0.05, 0.1) is 14.2 Å². The molecule has 0 spiro atoms. The molecule has 2 heterocycles. The predicted molar refractivity (Wildman–Crippen MR) is 96.2 cm³/mol. The largest absolute Gasteiger partial charge is 0.496 e. The summed E-state index contributed by atoms with van der Waals surface area (Å²) in [7, 11) is 2.99. The van der Waals surface area contributed by atoms with Crippen LogP contribution in [-0.4, -0.2) is 32.1 Å². The molecule has 9 heteroatoms. The number of carbonyl (C=O) groups is 1. The smallest absolute Gasteiger partial charge is 0.360 e. The van der Waals surface area contributed by atoms with E-state index in [0.29, 0.717) is 45.4 Å². The minimum atomic E-state index is -0.721. The molecule has 28 heavy (non-hydrogen) atoms. The minimum Gasteiger partial charge on any atom is -0.496 e. The van der Waals surface area contributed by atoms with Crippen molar-refractivity contribution in [3.05, 3.63) is 42.2 Å². The Balaban J connectivity index is 1.82. The molecule has 0 fully saturated rings. The van der Waals surface area contributed by atoms with Crippen LogP contribution < -0.4 is 24.8 Å². The normalized spacial score (nSPS) is 12.0. The Morgan fingerprint density at radius 2 is 1.89 bits per heavy atom. The molecule has 0 saturated heterocycles. The van der Waals surface area contributed by atoms with Crippen molar-refractivity contribution in [2.45, 2.75) is 0 Å². The Morgan fingerprint density at radius 3 is 2.64 bits per heavy atom. The fraction of sp³-hybridized carbons (Fsp3) is 0.158. The van der Waals surface area contributed by atoms with Gasteiger partial charge in [0.2, 0.25) is 12.5 Å². The maximum atomic E-state index is 12.0. The number of nitrogens with zero attached hydrogens (tertiary/aromatic N) is 1. The van der Waals surface area contributed by atoms with Gasteiger partial charge in [0.1, 0.15) is 23.3 Å². The van der Waals surface area contributed by atoms with E-state index in [9.17, 15) is 4.79 Å². The van der Waals surface area contributed by atoms with Gasteiger partial charge in [0, 0.05) is 11.1 Å². The van der Waals surface area contributed by atoms with Crippen molar-refractivity contribution < 1.29 is 33.1 Å². The fourth-order valence-corrected chi connectivity index (χ4v) is 3.01. The van der Waals surface area contributed by atoms with Crippen LogP contribution in [0.15, 0.2) is 41.1 Å². The van der Waals surface area contributed by atoms with Crippen LogP contribution in [-0.2, 0) is 4.84 Å². The van der Waals surface area contributed by atoms with Gasteiger partial charge in [-0.1, -0.05) is 11.2 Å². The van der Waals surface area contributed by atoms with Crippen LogP contribution in [0.1, 0.15) is 10.4 Å². The zero-order valence-electron chi connectivity index (χ0n) is 15.1. The maximum absolute atomic E-state index is 12.0. The Kier molecular flexibility index (Phi) is 4.50. The summed E-state index contributed by atoms with van der Waals surface area (Å²) in [4.78, 5) is 16.3. The SMILES string of the molecule is COc1ccc(-c2conc2-c2cc(OC)c3c(c2)OCO3)cc1C(=O)ON. The summed E-state index contributed by atoms with van der Waals surface area (Å²) in [5.41, 5.74) is 2.72. The van der Waals surface area contributed by atoms with Gasteiger partial charge < -0.3 is 28.3 Å². The maximum Gasteiger partial charge on any atom is 0.360 e. The quantitative estimate of drug-likeness (QED) is 0.663. The topological polar surface area (TPSA) is 115 Å². The highest BCUT2D eigenvalue weighted by atomic mass is 16.7. The molecule has 1 aromatic heterocycles. The molecule has 0 aliphatic carbocycles. The lowest BCUT2D eigenvalue weighted by Gasteiger charge is -2.10. The summed E-state index contributed by atoms with van der Waals surface area (Å²) < 4.78 is 26.7. The number of methoxy groups -OCH3 is 2. The molecule has 144 valence electrons. The van der Waals surface area contributed by atoms with E-state index >= 15 is 0 Å². The molecule has 0 amide bonds. The Bertz CT molecular complexity index is 1040. The van der Waals surface area contributed by atoms with Gasteiger partial charge >= 0.3 is 5.97 Å². The Hall–Kier alpha value is -3.72. The molecule has 0 bridgehead atoms. The summed E-state index contributed by atoms with van der Waals surface area (Å²) in [6.45, 7) is 0.115. The second-order valence-electron chi connectivity index (χ2n) is 5.81. The van der Waals surface area contributed by atoms with Crippen molar-refractivity contribution in [3.8, 4) is 45.4 Å². The van der Waals surface area contributed by atoms with Crippen LogP contribution in [0.5, 0.6) is 23.0 Å². The third kappa shape index (κ3) is 2.87. The highest BCUT2D eigenvalue weighted by Crippen LogP contribution is 2.45. The Morgan fingerprint density at radius 1 is 1.07 bits per heavy atom. The molecule has 0 radical (unpaired) electrons. The van der Waals surface area contributed by atoms with Crippen LogP contribution in [0.4, 0.5) is 0 Å². The average Bonchev–Trinajstić information content (AvgIpc) is 3.41. The highest BCUT2D eigenvalue weighted by Gasteiger charge is 2.24. The molecule has 2 aromatic carbocycles. The average molecular weight is 384 g/mol. The number of aromatic nitrogens is 1. The Labute approximate surface area is 159 Å². The first kappa shape index (κ1) is 17.7. The van der Waals surface area contributed by atoms with E-state index in [1.165, 1.54) is 13.4 Å². The molecular formula is C19H16N2O7. The number of benzene rings is 2. The van der Waals surface area contributed by atoms with Gasteiger partial charge in [-0.05, 0) is 29.8 Å². The summed E-state index contributed by atoms with van der Waals surface area (Å²) in [6.07, 6.45) is 1.48. The van der Waals surface area contributed by atoms with Crippen molar-refractivity contribution in [1.82, 2.24) is 5.16 Å². The van der Waals surface area contributed by atoms with Crippen LogP contribution in [0.25, 0.3) is 22.4 Å². The van der Waals surface area contributed by atoms with Crippen LogP contribution in [0.3, 0.4) is 0 Å². The number of rotatable bonds is 5. The van der Waals surface area contributed by atoms with Crippen LogP contribution in [0, 0.1) is 0 Å². The number of fused-ring (bicyclic) bond motifs is 1. The van der Waals surface area contributed by atoms with E-state index in [1.54, 1.807) is 37.4 Å². The van der Waals surface area contributed by atoms with E-state index in [4.69, 9.17) is 29.4 Å². The molecule has 0 atom stereocenters. The monoisotopic (exact) mass is 384 g/mol. The van der Waals surface area contributed by atoms with Gasteiger partial charge in [0.15, 0.2) is 11.5 Å². The number of nitrogens with two attached hydrogens (primary N) is 1.